The van der Waals surface area contributed by atoms with Gasteiger partial charge in [-0.3, -0.25) is 4.79 Å². The van der Waals surface area contributed by atoms with E-state index in [0.29, 0.717) is 28.7 Å². The first-order valence-electron chi connectivity index (χ1n) is 5.89. The summed E-state index contributed by atoms with van der Waals surface area (Å²) in [5.41, 5.74) is 6.63. The van der Waals surface area contributed by atoms with Crippen LogP contribution in [0.5, 0.6) is 0 Å². The second-order valence-corrected chi connectivity index (χ2v) is 4.98. The molecule has 94 valence electrons. The summed E-state index contributed by atoms with van der Waals surface area (Å²) in [5, 5.41) is 0.396. The molecule has 3 nitrogen and oxygen atoms in total. The number of rotatable bonds is 4. The summed E-state index contributed by atoms with van der Waals surface area (Å²) in [6.45, 7) is 1.06. The van der Waals surface area contributed by atoms with Gasteiger partial charge in [-0.05, 0) is 37.0 Å². The molecule has 4 heteroatoms. The zero-order chi connectivity index (χ0) is 13.1. The van der Waals surface area contributed by atoms with Gasteiger partial charge in [0, 0.05) is 12.1 Å². The van der Waals surface area contributed by atoms with E-state index in [9.17, 15) is 4.79 Å². The number of carbonyl (C=O) groups excluding carboxylic acids is 1. The molecule has 1 aromatic rings. The van der Waals surface area contributed by atoms with E-state index in [1.807, 2.05) is 0 Å². The summed E-state index contributed by atoms with van der Waals surface area (Å²) in [5.74, 6) is 3.05. The lowest BCUT2D eigenvalue weighted by Crippen LogP contribution is -2.33. The number of halogens is 1. The van der Waals surface area contributed by atoms with Crippen molar-refractivity contribution in [3.63, 3.8) is 0 Å². The lowest BCUT2D eigenvalue weighted by atomic mass is 10.1. The molecule has 2 N–H and O–H groups in total. The summed E-state index contributed by atoms with van der Waals surface area (Å²) < 4.78 is 0. The highest BCUT2D eigenvalue weighted by Crippen LogP contribution is 2.30. The van der Waals surface area contributed by atoms with Gasteiger partial charge in [0.1, 0.15) is 0 Å². The minimum Gasteiger partial charge on any atom is -0.398 e. The van der Waals surface area contributed by atoms with Crippen LogP contribution in [0.3, 0.4) is 0 Å². The first kappa shape index (κ1) is 12.8. The predicted molar refractivity (Wildman–Crippen MR) is 73.3 cm³/mol. The Morgan fingerprint density at radius 1 is 1.56 bits per heavy atom. The van der Waals surface area contributed by atoms with E-state index in [0.717, 1.165) is 6.54 Å². The Morgan fingerprint density at radius 2 is 2.28 bits per heavy atom. The molecule has 0 saturated heterocycles. The van der Waals surface area contributed by atoms with Gasteiger partial charge in [-0.1, -0.05) is 17.5 Å². The molecule has 0 bridgehead atoms. The normalized spacial score (nSPS) is 14.0. The van der Waals surface area contributed by atoms with Crippen molar-refractivity contribution < 1.29 is 4.79 Å². The molecule has 1 saturated carbocycles. The van der Waals surface area contributed by atoms with Crippen molar-refractivity contribution in [2.75, 3.05) is 18.8 Å². The first-order chi connectivity index (χ1) is 8.61. The van der Waals surface area contributed by atoms with Crippen LogP contribution < -0.4 is 5.73 Å². The SMILES string of the molecule is C#CCN(CC1CC1)C(=O)c1ccc(N)c(Cl)c1. The van der Waals surface area contributed by atoms with Gasteiger partial charge in [0.15, 0.2) is 0 Å². The quantitative estimate of drug-likeness (QED) is 0.669. The van der Waals surface area contributed by atoms with Crippen molar-refractivity contribution in [2.24, 2.45) is 5.92 Å². The largest absolute Gasteiger partial charge is 0.398 e. The van der Waals surface area contributed by atoms with Crippen LogP contribution in [0.15, 0.2) is 18.2 Å². The second kappa shape index (κ2) is 5.32. The number of nitrogens with two attached hydrogens (primary N) is 1. The predicted octanol–water partition coefficient (Wildman–Crippen LogP) is 2.41. The molecule has 0 aromatic heterocycles. The van der Waals surface area contributed by atoms with Crippen LogP contribution in [0.4, 0.5) is 5.69 Å². The maximum atomic E-state index is 12.3. The van der Waals surface area contributed by atoms with Crippen LogP contribution in [0.1, 0.15) is 23.2 Å². The summed E-state index contributed by atoms with van der Waals surface area (Å²) in [6.07, 6.45) is 7.66. The number of terminal acetylenes is 1. The van der Waals surface area contributed by atoms with Crippen LogP contribution in [0.2, 0.25) is 5.02 Å². The Balaban J connectivity index is 2.15. The Labute approximate surface area is 112 Å². The highest BCUT2D eigenvalue weighted by atomic mass is 35.5. The van der Waals surface area contributed by atoms with Gasteiger partial charge in [0.05, 0.1) is 17.3 Å². The van der Waals surface area contributed by atoms with E-state index in [1.165, 1.54) is 12.8 Å². The van der Waals surface area contributed by atoms with Gasteiger partial charge in [0.25, 0.3) is 5.91 Å². The van der Waals surface area contributed by atoms with Crippen molar-refractivity contribution in [1.82, 2.24) is 4.90 Å². The molecule has 0 aliphatic heterocycles. The van der Waals surface area contributed by atoms with E-state index in [1.54, 1.807) is 23.1 Å². The van der Waals surface area contributed by atoms with Crippen LogP contribution in [0, 0.1) is 18.3 Å². The minimum absolute atomic E-state index is 0.0817. The zero-order valence-electron chi connectivity index (χ0n) is 10.0. The highest BCUT2D eigenvalue weighted by Gasteiger charge is 2.27. The molecule has 1 aliphatic carbocycles. The molecule has 18 heavy (non-hydrogen) atoms. The standard InChI is InChI=1S/C14H15ClN2O/c1-2-7-17(9-10-3-4-10)14(18)11-5-6-13(16)12(15)8-11/h1,5-6,8,10H,3-4,7,9,16H2. The molecule has 0 spiro atoms. The fourth-order valence-corrected chi connectivity index (χ4v) is 1.96. The van der Waals surface area contributed by atoms with Crippen molar-refractivity contribution in [1.29, 1.82) is 0 Å². The highest BCUT2D eigenvalue weighted by molar-refractivity contribution is 6.33. The maximum absolute atomic E-state index is 12.3. The van der Waals surface area contributed by atoms with Crippen LogP contribution in [-0.2, 0) is 0 Å². The summed E-state index contributed by atoms with van der Waals surface area (Å²) in [6, 6.07) is 4.91. The van der Waals surface area contributed by atoms with Crippen molar-refractivity contribution in [3.05, 3.63) is 28.8 Å². The minimum atomic E-state index is -0.0817. The van der Waals surface area contributed by atoms with E-state index < -0.39 is 0 Å². The van der Waals surface area contributed by atoms with Crippen molar-refractivity contribution in [2.45, 2.75) is 12.8 Å². The first-order valence-corrected chi connectivity index (χ1v) is 6.27. The molecule has 0 unspecified atom stereocenters. The number of amides is 1. The smallest absolute Gasteiger partial charge is 0.254 e. The van der Waals surface area contributed by atoms with E-state index in [4.69, 9.17) is 23.8 Å². The number of benzene rings is 1. The van der Waals surface area contributed by atoms with E-state index in [-0.39, 0.29) is 5.91 Å². The molecule has 0 heterocycles. The molecule has 1 fully saturated rings. The average Bonchev–Trinajstić information content (AvgIpc) is 3.15. The zero-order valence-corrected chi connectivity index (χ0v) is 10.8. The lowest BCUT2D eigenvalue weighted by molar-refractivity contribution is 0.0770. The number of anilines is 1. The van der Waals surface area contributed by atoms with Crippen LogP contribution >= 0.6 is 11.6 Å². The molecule has 0 atom stereocenters. The van der Waals surface area contributed by atoms with Gasteiger partial charge in [0.2, 0.25) is 0 Å². The molecule has 1 aromatic carbocycles. The van der Waals surface area contributed by atoms with Crippen LogP contribution in [0.25, 0.3) is 0 Å². The lowest BCUT2D eigenvalue weighted by Gasteiger charge is -2.20. The molecule has 1 aliphatic rings. The number of carbonyl (C=O) groups is 1. The fourth-order valence-electron chi connectivity index (χ4n) is 1.78. The van der Waals surface area contributed by atoms with E-state index in [2.05, 4.69) is 5.92 Å². The summed E-state index contributed by atoms with van der Waals surface area (Å²) in [4.78, 5) is 14.0. The maximum Gasteiger partial charge on any atom is 0.254 e. The third-order valence-corrected chi connectivity index (χ3v) is 3.32. The van der Waals surface area contributed by atoms with Gasteiger partial charge < -0.3 is 10.6 Å². The Kier molecular flexibility index (Phi) is 3.78. The van der Waals surface area contributed by atoms with Crippen LogP contribution in [-0.4, -0.2) is 23.9 Å². The Bertz CT molecular complexity index is 503. The molecular formula is C14H15ClN2O. The molecule has 2 rings (SSSR count). The van der Waals surface area contributed by atoms with Gasteiger partial charge in [-0.2, -0.15) is 0 Å². The topological polar surface area (TPSA) is 46.3 Å². The summed E-state index contributed by atoms with van der Waals surface area (Å²) in [7, 11) is 0. The monoisotopic (exact) mass is 262 g/mol. The number of nitrogens with zero attached hydrogens (tertiary/aromatic N) is 1. The summed E-state index contributed by atoms with van der Waals surface area (Å²) >= 11 is 5.92. The van der Waals surface area contributed by atoms with Gasteiger partial charge in [-0.15, -0.1) is 6.42 Å². The Morgan fingerprint density at radius 3 is 2.83 bits per heavy atom. The Hall–Kier alpha value is -1.66. The number of hydrogen-bond donors (Lipinski definition) is 1. The number of nitrogen functional groups attached to an aromatic ring is 1. The number of hydrogen-bond acceptors (Lipinski definition) is 2. The molecular weight excluding hydrogens is 248 g/mol. The molecule has 0 radical (unpaired) electrons. The van der Waals surface area contributed by atoms with E-state index >= 15 is 0 Å². The third-order valence-electron chi connectivity index (χ3n) is 2.99. The fraction of sp³-hybridized carbons (Fsp3) is 0.357. The second-order valence-electron chi connectivity index (χ2n) is 4.57. The third kappa shape index (κ3) is 2.96. The average molecular weight is 263 g/mol. The van der Waals surface area contributed by atoms with Crippen molar-refractivity contribution in [3.8, 4) is 12.3 Å². The van der Waals surface area contributed by atoms with Crippen molar-refractivity contribution >= 4 is 23.2 Å². The van der Waals surface area contributed by atoms with Gasteiger partial charge >= 0.3 is 0 Å². The van der Waals surface area contributed by atoms with Gasteiger partial charge in [-0.25, -0.2) is 0 Å². The molecule has 1 amide bonds.